The molecular formula is C20H28O3. The average Bonchev–Trinajstić information content (AvgIpc) is 2.93. The van der Waals surface area contributed by atoms with E-state index in [4.69, 9.17) is 9.47 Å². The van der Waals surface area contributed by atoms with Crippen molar-refractivity contribution in [3.63, 3.8) is 0 Å². The molecular weight excluding hydrogens is 288 g/mol. The first-order valence-corrected chi connectivity index (χ1v) is 8.69. The van der Waals surface area contributed by atoms with E-state index in [1.54, 1.807) is 6.08 Å². The summed E-state index contributed by atoms with van der Waals surface area (Å²) in [5.41, 5.74) is 1.15. The molecule has 0 aliphatic carbocycles. The van der Waals surface area contributed by atoms with Crippen molar-refractivity contribution in [3.8, 4) is 0 Å². The van der Waals surface area contributed by atoms with Gasteiger partial charge in [0.05, 0.1) is 18.8 Å². The van der Waals surface area contributed by atoms with Gasteiger partial charge in [0.25, 0.3) is 0 Å². The highest BCUT2D eigenvalue weighted by Crippen LogP contribution is 2.26. The second-order valence-electron chi connectivity index (χ2n) is 6.19. The van der Waals surface area contributed by atoms with Gasteiger partial charge in [0.2, 0.25) is 0 Å². The van der Waals surface area contributed by atoms with E-state index in [-0.39, 0.29) is 24.1 Å². The maximum atomic E-state index is 12.1. The Bertz CT molecular complexity index is 483. The second kappa shape index (κ2) is 9.64. The minimum atomic E-state index is -0.327. The number of ether oxygens (including phenoxy) is 2. The molecule has 0 spiro atoms. The standard InChI is InChI=1S/C20H28O3/c1-3-5-7-13-19(22-15-16-11-8-6-9-12-16)20-14-17(21)18(23-20)10-4-2/h4,6,8-9,11-12,18-20H,2-3,5,7,10,13-15H2,1H3/t18-,19+,20+/m0/s1. The molecule has 1 saturated heterocycles. The Morgan fingerprint density at radius 3 is 2.83 bits per heavy atom. The molecule has 1 fully saturated rings. The van der Waals surface area contributed by atoms with E-state index < -0.39 is 0 Å². The summed E-state index contributed by atoms with van der Waals surface area (Å²) in [6, 6.07) is 10.1. The van der Waals surface area contributed by atoms with Crippen molar-refractivity contribution in [2.45, 2.75) is 70.4 Å². The molecule has 1 heterocycles. The van der Waals surface area contributed by atoms with Gasteiger partial charge in [-0.2, -0.15) is 0 Å². The number of unbranched alkanes of at least 4 members (excludes halogenated alkanes) is 2. The fraction of sp³-hybridized carbons (Fsp3) is 0.550. The van der Waals surface area contributed by atoms with Gasteiger partial charge in [-0.3, -0.25) is 4.79 Å². The van der Waals surface area contributed by atoms with Gasteiger partial charge in [-0.05, 0) is 18.4 Å². The lowest BCUT2D eigenvalue weighted by Crippen LogP contribution is -2.29. The molecule has 3 heteroatoms. The van der Waals surface area contributed by atoms with Crippen LogP contribution < -0.4 is 0 Å². The van der Waals surface area contributed by atoms with E-state index in [9.17, 15) is 4.79 Å². The first-order chi connectivity index (χ1) is 11.2. The summed E-state index contributed by atoms with van der Waals surface area (Å²) in [5.74, 6) is 0.179. The molecule has 0 aromatic heterocycles. The lowest BCUT2D eigenvalue weighted by molar-refractivity contribution is -0.123. The zero-order valence-corrected chi connectivity index (χ0v) is 14.1. The number of carbonyl (C=O) groups is 1. The molecule has 1 aromatic rings. The molecule has 1 aliphatic rings. The maximum Gasteiger partial charge on any atom is 0.164 e. The normalized spacial score (nSPS) is 22.2. The highest BCUT2D eigenvalue weighted by Gasteiger charge is 2.37. The smallest absolute Gasteiger partial charge is 0.164 e. The number of hydrogen-bond donors (Lipinski definition) is 0. The number of rotatable bonds is 10. The van der Waals surface area contributed by atoms with Gasteiger partial charge in [-0.15, -0.1) is 6.58 Å². The van der Waals surface area contributed by atoms with E-state index in [1.807, 2.05) is 18.2 Å². The molecule has 2 rings (SSSR count). The fourth-order valence-electron chi connectivity index (χ4n) is 2.97. The van der Waals surface area contributed by atoms with Crippen LogP contribution in [0.4, 0.5) is 0 Å². The van der Waals surface area contributed by atoms with Crippen LogP contribution in [0.25, 0.3) is 0 Å². The number of ketones is 1. The van der Waals surface area contributed by atoms with E-state index in [1.165, 1.54) is 12.8 Å². The summed E-state index contributed by atoms with van der Waals surface area (Å²) in [6.45, 7) is 6.46. The topological polar surface area (TPSA) is 35.5 Å². The van der Waals surface area contributed by atoms with Gasteiger partial charge in [0, 0.05) is 6.42 Å². The van der Waals surface area contributed by atoms with Gasteiger partial charge in [-0.25, -0.2) is 0 Å². The van der Waals surface area contributed by atoms with Crippen molar-refractivity contribution in [2.24, 2.45) is 0 Å². The van der Waals surface area contributed by atoms with E-state index in [0.717, 1.165) is 18.4 Å². The number of Topliss-reactive ketones (excluding diaryl/α,β-unsaturated/α-hetero) is 1. The molecule has 0 amide bonds. The molecule has 3 atom stereocenters. The second-order valence-corrected chi connectivity index (χ2v) is 6.19. The monoisotopic (exact) mass is 316 g/mol. The zero-order valence-electron chi connectivity index (χ0n) is 14.1. The van der Waals surface area contributed by atoms with Crippen molar-refractivity contribution in [1.29, 1.82) is 0 Å². The van der Waals surface area contributed by atoms with E-state index >= 15 is 0 Å². The van der Waals surface area contributed by atoms with Gasteiger partial charge in [0.15, 0.2) is 5.78 Å². The summed E-state index contributed by atoms with van der Waals surface area (Å²) in [5, 5.41) is 0. The predicted octanol–water partition coefficient (Wildman–Crippen LogP) is 4.45. The van der Waals surface area contributed by atoms with Crippen molar-refractivity contribution < 1.29 is 14.3 Å². The van der Waals surface area contributed by atoms with Gasteiger partial charge in [0.1, 0.15) is 6.10 Å². The summed E-state index contributed by atoms with van der Waals surface area (Å²) >= 11 is 0. The van der Waals surface area contributed by atoms with Crippen LogP contribution in [0.1, 0.15) is 51.0 Å². The maximum absolute atomic E-state index is 12.1. The van der Waals surface area contributed by atoms with Gasteiger partial charge < -0.3 is 9.47 Å². The number of benzene rings is 1. The minimum Gasteiger partial charge on any atom is -0.371 e. The van der Waals surface area contributed by atoms with Crippen molar-refractivity contribution in [1.82, 2.24) is 0 Å². The van der Waals surface area contributed by atoms with E-state index in [2.05, 4.69) is 25.6 Å². The Hall–Kier alpha value is -1.45. The highest BCUT2D eigenvalue weighted by molar-refractivity contribution is 5.85. The average molecular weight is 316 g/mol. The van der Waals surface area contributed by atoms with Crippen LogP contribution in [0.3, 0.4) is 0 Å². The van der Waals surface area contributed by atoms with Gasteiger partial charge >= 0.3 is 0 Å². The molecule has 1 aromatic carbocycles. The summed E-state index contributed by atoms with van der Waals surface area (Å²) < 4.78 is 12.1. The van der Waals surface area contributed by atoms with Crippen LogP contribution in [-0.4, -0.2) is 24.1 Å². The minimum absolute atomic E-state index is 0.0134. The van der Waals surface area contributed by atoms with Crippen LogP contribution in [0, 0.1) is 0 Å². The Morgan fingerprint density at radius 2 is 2.13 bits per heavy atom. The molecule has 0 unspecified atom stereocenters. The molecule has 0 bridgehead atoms. The summed E-state index contributed by atoms with van der Waals surface area (Å²) in [4.78, 5) is 12.1. The molecule has 1 aliphatic heterocycles. The molecule has 126 valence electrons. The third-order valence-electron chi connectivity index (χ3n) is 4.30. The Labute approximate surface area is 139 Å². The van der Waals surface area contributed by atoms with Crippen molar-refractivity contribution in [2.75, 3.05) is 0 Å². The largest absolute Gasteiger partial charge is 0.371 e. The summed E-state index contributed by atoms with van der Waals surface area (Å²) in [7, 11) is 0. The fourth-order valence-corrected chi connectivity index (χ4v) is 2.97. The quantitative estimate of drug-likeness (QED) is 0.472. The van der Waals surface area contributed by atoms with Crippen LogP contribution in [0.15, 0.2) is 43.0 Å². The zero-order chi connectivity index (χ0) is 16.5. The lowest BCUT2D eigenvalue weighted by atomic mass is 10.0. The SMILES string of the molecule is C=CC[C@@H]1O[C@@H]([C@@H](CCCCC)OCc2ccccc2)CC1=O. The first-order valence-electron chi connectivity index (χ1n) is 8.69. The molecule has 0 N–H and O–H groups in total. The number of hydrogen-bond acceptors (Lipinski definition) is 3. The van der Waals surface area contributed by atoms with Crippen LogP contribution in [0.2, 0.25) is 0 Å². The van der Waals surface area contributed by atoms with Crippen LogP contribution >= 0.6 is 0 Å². The molecule has 0 radical (unpaired) electrons. The Kier molecular flexibility index (Phi) is 7.50. The highest BCUT2D eigenvalue weighted by atomic mass is 16.6. The van der Waals surface area contributed by atoms with Crippen molar-refractivity contribution in [3.05, 3.63) is 48.6 Å². The Morgan fingerprint density at radius 1 is 1.35 bits per heavy atom. The third-order valence-corrected chi connectivity index (χ3v) is 4.30. The van der Waals surface area contributed by atoms with Crippen molar-refractivity contribution >= 4 is 5.78 Å². The third kappa shape index (κ3) is 5.60. The van der Waals surface area contributed by atoms with E-state index in [0.29, 0.717) is 19.4 Å². The number of carbonyl (C=O) groups excluding carboxylic acids is 1. The predicted molar refractivity (Wildman–Crippen MR) is 92.3 cm³/mol. The van der Waals surface area contributed by atoms with Crippen LogP contribution in [0.5, 0.6) is 0 Å². The first kappa shape index (κ1) is 17.9. The molecule has 0 saturated carbocycles. The molecule has 23 heavy (non-hydrogen) atoms. The van der Waals surface area contributed by atoms with Gasteiger partial charge in [-0.1, -0.05) is 62.6 Å². The molecule has 3 nitrogen and oxygen atoms in total. The lowest BCUT2D eigenvalue weighted by Gasteiger charge is -2.24. The summed E-state index contributed by atoms with van der Waals surface area (Å²) in [6.07, 6.45) is 6.76. The Balaban J connectivity index is 1.93. The van der Waals surface area contributed by atoms with Crippen LogP contribution in [-0.2, 0) is 20.9 Å².